The summed E-state index contributed by atoms with van der Waals surface area (Å²) in [7, 11) is 0. The molecule has 1 aliphatic carbocycles. The van der Waals surface area contributed by atoms with Gasteiger partial charge < -0.3 is 9.63 Å². The number of hydrogen-bond acceptors (Lipinski definition) is 5. The first kappa shape index (κ1) is 13.0. The second-order valence-corrected chi connectivity index (χ2v) is 5.79. The third-order valence-corrected chi connectivity index (χ3v) is 2.88. The van der Waals surface area contributed by atoms with E-state index >= 15 is 0 Å². The summed E-state index contributed by atoms with van der Waals surface area (Å²) in [6.07, 6.45) is 2.10. The molecule has 1 N–H and O–H groups in total. The lowest BCUT2D eigenvalue weighted by molar-refractivity contribution is -0.138. The molecule has 2 rings (SSSR count). The summed E-state index contributed by atoms with van der Waals surface area (Å²) >= 11 is 0. The SMILES string of the molecule is CC(C)(C)c1noc(CN(CC(=O)O)C2CC2)n1. The van der Waals surface area contributed by atoms with Crippen molar-refractivity contribution in [2.45, 2.75) is 51.6 Å². The van der Waals surface area contributed by atoms with E-state index < -0.39 is 5.97 Å². The van der Waals surface area contributed by atoms with E-state index in [0.717, 1.165) is 12.8 Å². The molecule has 0 aliphatic heterocycles. The summed E-state index contributed by atoms with van der Waals surface area (Å²) in [4.78, 5) is 17.0. The zero-order chi connectivity index (χ0) is 13.3. The fourth-order valence-corrected chi connectivity index (χ4v) is 1.72. The maximum absolute atomic E-state index is 10.8. The highest BCUT2D eigenvalue weighted by molar-refractivity contribution is 5.69. The van der Waals surface area contributed by atoms with Crippen LogP contribution in [-0.4, -0.2) is 38.7 Å². The quantitative estimate of drug-likeness (QED) is 0.854. The zero-order valence-corrected chi connectivity index (χ0v) is 11.0. The molecule has 0 amide bonds. The summed E-state index contributed by atoms with van der Waals surface area (Å²) in [5.41, 5.74) is -0.154. The summed E-state index contributed by atoms with van der Waals surface area (Å²) in [5.74, 6) is 0.328. The van der Waals surface area contributed by atoms with Crippen LogP contribution in [0.3, 0.4) is 0 Å². The first-order valence-corrected chi connectivity index (χ1v) is 6.15. The molecule has 6 heteroatoms. The molecule has 0 atom stereocenters. The van der Waals surface area contributed by atoms with Gasteiger partial charge in [0.2, 0.25) is 5.89 Å². The molecule has 1 saturated carbocycles. The molecular weight excluding hydrogens is 234 g/mol. The Morgan fingerprint density at radius 3 is 2.61 bits per heavy atom. The lowest BCUT2D eigenvalue weighted by Crippen LogP contribution is -2.31. The van der Waals surface area contributed by atoms with Gasteiger partial charge in [0.1, 0.15) is 0 Å². The van der Waals surface area contributed by atoms with Gasteiger partial charge in [-0.3, -0.25) is 9.69 Å². The van der Waals surface area contributed by atoms with Crippen molar-refractivity contribution < 1.29 is 14.4 Å². The van der Waals surface area contributed by atoms with Crippen molar-refractivity contribution >= 4 is 5.97 Å². The summed E-state index contributed by atoms with van der Waals surface area (Å²) in [6.45, 7) is 6.48. The minimum absolute atomic E-state index is 0.0257. The second-order valence-electron chi connectivity index (χ2n) is 5.79. The van der Waals surface area contributed by atoms with Crippen LogP contribution in [-0.2, 0) is 16.8 Å². The van der Waals surface area contributed by atoms with Gasteiger partial charge in [0.15, 0.2) is 5.82 Å². The Morgan fingerprint density at radius 2 is 2.17 bits per heavy atom. The molecule has 18 heavy (non-hydrogen) atoms. The Morgan fingerprint density at radius 1 is 1.50 bits per heavy atom. The van der Waals surface area contributed by atoms with E-state index in [9.17, 15) is 4.79 Å². The molecule has 1 aromatic heterocycles. The highest BCUT2D eigenvalue weighted by atomic mass is 16.5. The van der Waals surface area contributed by atoms with Crippen molar-refractivity contribution in [2.24, 2.45) is 0 Å². The maximum atomic E-state index is 10.8. The molecular formula is C12H19N3O3. The fourth-order valence-electron chi connectivity index (χ4n) is 1.72. The number of aromatic nitrogens is 2. The van der Waals surface area contributed by atoms with Crippen molar-refractivity contribution in [1.82, 2.24) is 15.0 Å². The van der Waals surface area contributed by atoms with Crippen LogP contribution in [0.1, 0.15) is 45.3 Å². The Kier molecular flexibility index (Phi) is 3.38. The molecule has 1 fully saturated rings. The van der Waals surface area contributed by atoms with Gasteiger partial charge in [-0.15, -0.1) is 0 Å². The molecule has 0 unspecified atom stereocenters. The summed E-state index contributed by atoms with van der Waals surface area (Å²) < 4.78 is 5.19. The third-order valence-electron chi connectivity index (χ3n) is 2.88. The average molecular weight is 253 g/mol. The zero-order valence-electron chi connectivity index (χ0n) is 11.0. The van der Waals surface area contributed by atoms with Crippen LogP contribution < -0.4 is 0 Å². The van der Waals surface area contributed by atoms with Crippen molar-refractivity contribution in [3.63, 3.8) is 0 Å². The van der Waals surface area contributed by atoms with Crippen LogP contribution >= 0.6 is 0 Å². The van der Waals surface area contributed by atoms with Gasteiger partial charge in [0.25, 0.3) is 0 Å². The largest absolute Gasteiger partial charge is 0.480 e. The Labute approximate surface area is 106 Å². The average Bonchev–Trinajstić information content (AvgIpc) is 2.96. The number of carbonyl (C=O) groups is 1. The van der Waals surface area contributed by atoms with Gasteiger partial charge in [0, 0.05) is 11.5 Å². The van der Waals surface area contributed by atoms with Crippen molar-refractivity contribution in [3.8, 4) is 0 Å². The van der Waals surface area contributed by atoms with Crippen LogP contribution in [0.25, 0.3) is 0 Å². The third kappa shape index (κ3) is 3.29. The van der Waals surface area contributed by atoms with E-state index in [-0.39, 0.29) is 12.0 Å². The van der Waals surface area contributed by atoms with Crippen LogP contribution in [0, 0.1) is 0 Å². The molecule has 100 valence electrons. The minimum atomic E-state index is -0.822. The monoisotopic (exact) mass is 253 g/mol. The standard InChI is InChI=1S/C12H19N3O3/c1-12(2,3)11-13-9(18-14-11)6-15(7-10(16)17)8-4-5-8/h8H,4-7H2,1-3H3,(H,16,17). The molecule has 0 bridgehead atoms. The van der Waals surface area contributed by atoms with E-state index in [1.807, 2.05) is 25.7 Å². The second kappa shape index (κ2) is 4.68. The Bertz CT molecular complexity index is 432. The molecule has 1 aromatic rings. The first-order valence-electron chi connectivity index (χ1n) is 6.15. The number of hydrogen-bond donors (Lipinski definition) is 1. The number of aliphatic carboxylic acids is 1. The van der Waals surface area contributed by atoms with Crippen LogP contribution in [0.2, 0.25) is 0 Å². The topological polar surface area (TPSA) is 79.5 Å². The van der Waals surface area contributed by atoms with E-state index in [1.54, 1.807) is 0 Å². The van der Waals surface area contributed by atoms with E-state index in [4.69, 9.17) is 9.63 Å². The predicted octanol–water partition coefficient (Wildman–Crippen LogP) is 1.42. The number of rotatable bonds is 5. The van der Waals surface area contributed by atoms with Crippen molar-refractivity contribution in [3.05, 3.63) is 11.7 Å². The molecule has 1 heterocycles. The minimum Gasteiger partial charge on any atom is -0.480 e. The first-order chi connectivity index (χ1) is 8.36. The summed E-state index contributed by atoms with van der Waals surface area (Å²) in [6, 6.07) is 0.353. The van der Waals surface area contributed by atoms with E-state index in [1.165, 1.54) is 0 Å². The lowest BCUT2D eigenvalue weighted by Gasteiger charge is -2.16. The smallest absolute Gasteiger partial charge is 0.317 e. The lowest BCUT2D eigenvalue weighted by atomic mass is 9.96. The van der Waals surface area contributed by atoms with Crippen LogP contribution in [0.5, 0.6) is 0 Å². The van der Waals surface area contributed by atoms with E-state index in [0.29, 0.717) is 24.3 Å². The van der Waals surface area contributed by atoms with Gasteiger partial charge in [-0.1, -0.05) is 25.9 Å². The number of nitrogens with zero attached hydrogens (tertiary/aromatic N) is 3. The van der Waals surface area contributed by atoms with Crippen LogP contribution in [0.4, 0.5) is 0 Å². The number of carboxylic acid groups (broad SMARTS) is 1. The molecule has 6 nitrogen and oxygen atoms in total. The van der Waals surface area contributed by atoms with Gasteiger partial charge in [-0.2, -0.15) is 4.98 Å². The maximum Gasteiger partial charge on any atom is 0.317 e. The van der Waals surface area contributed by atoms with Crippen molar-refractivity contribution in [2.75, 3.05) is 6.54 Å². The molecule has 0 saturated heterocycles. The predicted molar refractivity (Wildman–Crippen MR) is 64.1 cm³/mol. The normalized spacial score (nSPS) is 16.2. The van der Waals surface area contributed by atoms with Gasteiger partial charge in [-0.25, -0.2) is 0 Å². The highest BCUT2D eigenvalue weighted by Crippen LogP contribution is 2.28. The van der Waals surface area contributed by atoms with E-state index in [2.05, 4.69) is 10.1 Å². The molecule has 1 aliphatic rings. The van der Waals surface area contributed by atoms with Gasteiger partial charge >= 0.3 is 5.97 Å². The van der Waals surface area contributed by atoms with Gasteiger partial charge in [-0.05, 0) is 12.8 Å². The molecule has 0 radical (unpaired) electrons. The molecule has 0 aromatic carbocycles. The Balaban J connectivity index is 2.02. The highest BCUT2D eigenvalue weighted by Gasteiger charge is 2.32. The fraction of sp³-hybridized carbons (Fsp3) is 0.750. The van der Waals surface area contributed by atoms with Crippen molar-refractivity contribution in [1.29, 1.82) is 0 Å². The molecule has 0 spiro atoms. The van der Waals surface area contributed by atoms with Crippen LogP contribution in [0.15, 0.2) is 4.52 Å². The van der Waals surface area contributed by atoms with Gasteiger partial charge in [0.05, 0.1) is 13.1 Å². The Hall–Kier alpha value is -1.43. The number of carboxylic acids is 1. The summed E-state index contributed by atoms with van der Waals surface area (Å²) in [5, 5.41) is 12.8.